The maximum absolute atomic E-state index is 8.59. The number of aryl methyl sites for hydroxylation is 1. The number of aromatic nitrogens is 1. The zero-order valence-electron chi connectivity index (χ0n) is 8.13. The molecular weight excluding hydrogens is 126 g/mol. The SMILES string of the molecule is [2H]C([2H])([2H])c1nc(N)ccc1C#N. The van der Waals surface area contributed by atoms with E-state index >= 15 is 0 Å². The van der Waals surface area contributed by atoms with E-state index in [-0.39, 0.29) is 17.1 Å². The fourth-order valence-electron chi connectivity index (χ4n) is 0.564. The molecule has 1 rings (SSSR count). The second kappa shape index (κ2) is 2.36. The minimum absolute atomic E-state index is 0.0363. The van der Waals surface area contributed by atoms with Crippen LogP contribution in [0.15, 0.2) is 12.1 Å². The molecule has 3 nitrogen and oxygen atoms in total. The van der Waals surface area contributed by atoms with E-state index in [2.05, 4.69) is 4.98 Å². The van der Waals surface area contributed by atoms with Gasteiger partial charge in [0.2, 0.25) is 0 Å². The molecule has 50 valence electrons. The number of hydrogen-bond acceptors (Lipinski definition) is 3. The summed E-state index contributed by atoms with van der Waals surface area (Å²) in [5.41, 5.74) is 5.10. The first-order valence-electron chi connectivity index (χ1n) is 4.12. The molecule has 0 saturated heterocycles. The van der Waals surface area contributed by atoms with E-state index in [9.17, 15) is 0 Å². The molecule has 0 atom stereocenters. The Bertz CT molecular complexity index is 364. The topological polar surface area (TPSA) is 62.7 Å². The summed E-state index contributed by atoms with van der Waals surface area (Å²) in [6, 6.07) is 4.50. The van der Waals surface area contributed by atoms with Gasteiger partial charge in [0.05, 0.1) is 11.3 Å². The van der Waals surface area contributed by atoms with Crippen LogP contribution in [0.3, 0.4) is 0 Å². The van der Waals surface area contributed by atoms with Crippen LogP contribution in [0.5, 0.6) is 0 Å². The molecule has 1 aromatic rings. The Morgan fingerprint density at radius 1 is 1.80 bits per heavy atom. The van der Waals surface area contributed by atoms with Crippen LogP contribution < -0.4 is 5.73 Å². The fourth-order valence-corrected chi connectivity index (χ4v) is 0.564. The number of nitrogens with zero attached hydrogens (tertiary/aromatic N) is 2. The highest BCUT2D eigenvalue weighted by Crippen LogP contribution is 2.05. The molecule has 0 aliphatic heterocycles. The molecule has 0 bridgehead atoms. The third-order valence-corrected chi connectivity index (χ3v) is 1.04. The summed E-state index contributed by atoms with van der Waals surface area (Å²) in [7, 11) is 0. The van der Waals surface area contributed by atoms with E-state index in [0.29, 0.717) is 0 Å². The van der Waals surface area contributed by atoms with Crippen LogP contribution in [-0.2, 0) is 0 Å². The molecule has 1 aromatic heterocycles. The molecule has 1 heterocycles. The van der Waals surface area contributed by atoms with Gasteiger partial charge < -0.3 is 5.73 Å². The lowest BCUT2D eigenvalue weighted by Crippen LogP contribution is -1.93. The van der Waals surface area contributed by atoms with Crippen molar-refractivity contribution in [2.45, 2.75) is 6.85 Å². The average molecular weight is 136 g/mol. The standard InChI is InChI=1S/C7H7N3/c1-5-6(4-8)2-3-7(9)10-5/h2-3H,1H3,(H2,9,10)/i1D3. The maximum atomic E-state index is 8.59. The van der Waals surface area contributed by atoms with Crippen molar-refractivity contribution in [3.63, 3.8) is 0 Å². The summed E-state index contributed by atoms with van der Waals surface area (Å²) in [5, 5.41) is 8.59. The van der Waals surface area contributed by atoms with Crippen LogP contribution in [0, 0.1) is 18.2 Å². The van der Waals surface area contributed by atoms with Crippen molar-refractivity contribution in [2.75, 3.05) is 5.73 Å². The maximum Gasteiger partial charge on any atom is 0.123 e. The number of nitriles is 1. The summed E-state index contributed by atoms with van der Waals surface area (Å²) in [6.45, 7) is -2.39. The van der Waals surface area contributed by atoms with E-state index < -0.39 is 6.85 Å². The van der Waals surface area contributed by atoms with Crippen LogP contribution in [0.2, 0.25) is 0 Å². The Morgan fingerprint density at radius 3 is 3.20 bits per heavy atom. The molecule has 10 heavy (non-hydrogen) atoms. The molecule has 0 aliphatic carbocycles. The van der Waals surface area contributed by atoms with Crippen LogP contribution in [-0.4, -0.2) is 4.98 Å². The van der Waals surface area contributed by atoms with Gasteiger partial charge in [-0.1, -0.05) is 0 Å². The smallest absolute Gasteiger partial charge is 0.123 e. The first kappa shape index (κ1) is 3.57. The molecule has 0 saturated carbocycles. The minimum Gasteiger partial charge on any atom is -0.384 e. The second-order valence-electron chi connectivity index (χ2n) is 1.74. The molecule has 3 heteroatoms. The zero-order valence-corrected chi connectivity index (χ0v) is 5.13. The molecule has 0 amide bonds. The lowest BCUT2D eigenvalue weighted by Gasteiger charge is -1.95. The van der Waals surface area contributed by atoms with Crippen molar-refractivity contribution in [3.05, 3.63) is 23.4 Å². The summed E-state index contributed by atoms with van der Waals surface area (Å²) in [6.07, 6.45) is 0. The third kappa shape index (κ3) is 1.06. The second-order valence-corrected chi connectivity index (χ2v) is 1.74. The van der Waals surface area contributed by atoms with Crippen molar-refractivity contribution in [1.29, 1.82) is 5.26 Å². The van der Waals surface area contributed by atoms with Crippen LogP contribution in [0.4, 0.5) is 5.82 Å². The highest BCUT2D eigenvalue weighted by Gasteiger charge is 1.96. The monoisotopic (exact) mass is 136 g/mol. The minimum atomic E-state index is -2.39. The number of anilines is 1. The molecule has 0 spiro atoms. The molecule has 0 aromatic carbocycles. The van der Waals surface area contributed by atoms with E-state index in [1.807, 2.05) is 0 Å². The molecular formula is C7H7N3. The molecule has 0 fully saturated rings. The Labute approximate surface area is 63.3 Å². The van der Waals surface area contributed by atoms with Crippen LogP contribution in [0.25, 0.3) is 0 Å². The number of hydrogen-bond donors (Lipinski definition) is 1. The highest BCUT2D eigenvalue weighted by atomic mass is 14.8. The lowest BCUT2D eigenvalue weighted by atomic mass is 10.2. The normalized spacial score (nSPS) is 14.5. The predicted octanol–water partition coefficient (Wildman–Crippen LogP) is 0.844. The van der Waals surface area contributed by atoms with Gasteiger partial charge in [0.25, 0.3) is 0 Å². The molecule has 0 unspecified atom stereocenters. The van der Waals surface area contributed by atoms with Crippen molar-refractivity contribution in [1.82, 2.24) is 4.98 Å². The number of pyridine rings is 1. The average Bonchev–Trinajstić information content (AvgIpc) is 2.03. The lowest BCUT2D eigenvalue weighted by molar-refractivity contribution is 1.19. The van der Waals surface area contributed by atoms with Gasteiger partial charge in [-0.25, -0.2) is 4.98 Å². The summed E-state index contributed by atoms with van der Waals surface area (Å²) in [4.78, 5) is 3.61. The van der Waals surface area contributed by atoms with E-state index in [4.69, 9.17) is 15.1 Å². The highest BCUT2D eigenvalue weighted by molar-refractivity contribution is 5.39. The molecule has 2 N–H and O–H groups in total. The van der Waals surface area contributed by atoms with Crippen molar-refractivity contribution >= 4 is 5.82 Å². The Hall–Kier alpha value is -1.56. The Balaban J connectivity index is 3.35. The van der Waals surface area contributed by atoms with E-state index in [1.54, 1.807) is 6.07 Å². The summed E-state index contributed by atoms with van der Waals surface area (Å²) >= 11 is 0. The molecule has 0 radical (unpaired) electrons. The van der Waals surface area contributed by atoms with E-state index in [0.717, 1.165) is 0 Å². The van der Waals surface area contributed by atoms with Gasteiger partial charge in [0, 0.05) is 4.11 Å². The number of rotatable bonds is 0. The van der Waals surface area contributed by atoms with Gasteiger partial charge in [-0.2, -0.15) is 5.26 Å². The van der Waals surface area contributed by atoms with Crippen LogP contribution >= 0.6 is 0 Å². The quantitative estimate of drug-likeness (QED) is 0.575. The van der Waals surface area contributed by atoms with Gasteiger partial charge in [0.15, 0.2) is 0 Å². The van der Waals surface area contributed by atoms with Gasteiger partial charge in [-0.3, -0.25) is 0 Å². The van der Waals surface area contributed by atoms with E-state index in [1.165, 1.54) is 12.1 Å². The summed E-state index contributed by atoms with van der Waals surface area (Å²) < 4.78 is 21.2. The Morgan fingerprint density at radius 2 is 2.60 bits per heavy atom. The predicted molar refractivity (Wildman–Crippen MR) is 38.1 cm³/mol. The first-order valence-corrected chi connectivity index (χ1v) is 2.62. The van der Waals surface area contributed by atoms with Gasteiger partial charge in [0.1, 0.15) is 11.9 Å². The van der Waals surface area contributed by atoms with Crippen LogP contribution in [0.1, 0.15) is 15.4 Å². The molecule has 0 aliphatic rings. The van der Waals surface area contributed by atoms with Crippen molar-refractivity contribution in [2.24, 2.45) is 0 Å². The first-order chi connectivity index (χ1) is 5.95. The van der Waals surface area contributed by atoms with Gasteiger partial charge in [-0.05, 0) is 19.0 Å². The van der Waals surface area contributed by atoms with Crippen molar-refractivity contribution in [3.8, 4) is 6.07 Å². The van der Waals surface area contributed by atoms with Gasteiger partial charge >= 0.3 is 0 Å². The third-order valence-electron chi connectivity index (χ3n) is 1.04. The largest absolute Gasteiger partial charge is 0.384 e. The Kier molecular flexibility index (Phi) is 0.842. The van der Waals surface area contributed by atoms with Gasteiger partial charge in [-0.15, -0.1) is 0 Å². The summed E-state index contributed by atoms with van der Waals surface area (Å²) in [5.74, 6) is 0.102. The number of nitrogen functional groups attached to an aromatic ring is 1. The fraction of sp³-hybridized carbons (Fsp3) is 0.143. The zero-order chi connectivity index (χ0) is 10.1. The number of nitrogens with two attached hydrogens (primary N) is 1. The van der Waals surface area contributed by atoms with Crippen molar-refractivity contribution < 1.29 is 4.11 Å².